The Balaban J connectivity index is 1.42. The summed E-state index contributed by atoms with van der Waals surface area (Å²) in [6, 6.07) is 12.3. The van der Waals surface area contributed by atoms with Gasteiger partial charge in [0, 0.05) is 50.8 Å². The number of hydrogen-bond donors (Lipinski definition) is 1. The SMILES string of the molecule is COCCOCCOc1c(CCN2CCCN(C(=O)OCc3ccccc3)CC2)ccc2c1CN([C@H](CCC(=O)OC(C)(C)C)C(N)=O)C2=O. The van der Waals surface area contributed by atoms with Crippen molar-refractivity contribution >= 4 is 23.9 Å². The maximum absolute atomic E-state index is 13.6. The highest BCUT2D eigenvalue weighted by Crippen LogP contribution is 2.36. The van der Waals surface area contributed by atoms with Crippen molar-refractivity contribution in [2.75, 3.05) is 66.3 Å². The summed E-state index contributed by atoms with van der Waals surface area (Å²) in [4.78, 5) is 56.9. The average molecular weight is 697 g/mol. The molecule has 3 amide bonds. The van der Waals surface area contributed by atoms with Gasteiger partial charge in [-0.25, -0.2) is 4.79 Å². The molecule has 0 aromatic heterocycles. The number of amides is 3. The van der Waals surface area contributed by atoms with Crippen molar-refractivity contribution in [1.82, 2.24) is 14.7 Å². The molecule has 2 heterocycles. The third-order valence-electron chi connectivity index (χ3n) is 8.56. The fraction of sp³-hybridized carbons (Fsp3) is 0.568. The van der Waals surface area contributed by atoms with Crippen LogP contribution in [0.4, 0.5) is 4.79 Å². The highest BCUT2D eigenvalue weighted by molar-refractivity contribution is 6.02. The van der Waals surface area contributed by atoms with Crippen LogP contribution in [0.3, 0.4) is 0 Å². The Morgan fingerprint density at radius 3 is 2.42 bits per heavy atom. The van der Waals surface area contributed by atoms with E-state index >= 15 is 0 Å². The average Bonchev–Trinajstić information content (AvgIpc) is 3.23. The number of fused-ring (bicyclic) bond motifs is 1. The van der Waals surface area contributed by atoms with E-state index in [-0.39, 0.29) is 44.6 Å². The second kappa shape index (κ2) is 18.7. The Bertz CT molecular complexity index is 1450. The lowest BCUT2D eigenvalue weighted by atomic mass is 10.0. The molecule has 0 spiro atoms. The lowest BCUT2D eigenvalue weighted by Gasteiger charge is -2.26. The predicted octanol–water partition coefficient (Wildman–Crippen LogP) is 3.55. The quantitative estimate of drug-likeness (QED) is 0.192. The number of primary amides is 1. The molecule has 1 saturated heterocycles. The lowest BCUT2D eigenvalue weighted by Crippen LogP contribution is -2.45. The maximum atomic E-state index is 13.6. The number of nitrogens with two attached hydrogens (primary N) is 1. The Kier molecular flexibility index (Phi) is 14.4. The smallest absolute Gasteiger partial charge is 0.410 e. The Morgan fingerprint density at radius 2 is 1.70 bits per heavy atom. The summed E-state index contributed by atoms with van der Waals surface area (Å²) >= 11 is 0. The van der Waals surface area contributed by atoms with Gasteiger partial charge in [0.25, 0.3) is 5.91 Å². The topological polar surface area (TPSA) is 150 Å². The van der Waals surface area contributed by atoms with Crippen molar-refractivity contribution in [3.63, 3.8) is 0 Å². The molecule has 13 heteroatoms. The summed E-state index contributed by atoms with van der Waals surface area (Å²) in [5, 5.41) is 0. The largest absolute Gasteiger partial charge is 0.491 e. The van der Waals surface area contributed by atoms with Crippen LogP contribution in [0.2, 0.25) is 0 Å². The predicted molar refractivity (Wildman–Crippen MR) is 186 cm³/mol. The third kappa shape index (κ3) is 11.4. The Hall–Kier alpha value is -4.20. The number of carbonyl (C=O) groups excluding carboxylic acids is 4. The van der Waals surface area contributed by atoms with E-state index in [4.69, 9.17) is 29.4 Å². The van der Waals surface area contributed by atoms with Crippen LogP contribution in [0.15, 0.2) is 42.5 Å². The summed E-state index contributed by atoms with van der Waals surface area (Å²) < 4.78 is 27.9. The number of nitrogens with zero attached hydrogens (tertiary/aromatic N) is 3. The van der Waals surface area contributed by atoms with Crippen LogP contribution < -0.4 is 10.5 Å². The number of esters is 1. The molecular weight excluding hydrogens is 644 g/mol. The van der Waals surface area contributed by atoms with Crippen LogP contribution >= 0.6 is 0 Å². The summed E-state index contributed by atoms with van der Waals surface area (Å²) in [6.45, 7) is 10.5. The van der Waals surface area contributed by atoms with Crippen LogP contribution in [0.5, 0.6) is 5.75 Å². The maximum Gasteiger partial charge on any atom is 0.410 e. The molecule has 2 aromatic carbocycles. The van der Waals surface area contributed by atoms with Gasteiger partial charge in [0.05, 0.1) is 26.4 Å². The van der Waals surface area contributed by atoms with Gasteiger partial charge in [0.1, 0.15) is 30.6 Å². The van der Waals surface area contributed by atoms with E-state index in [1.54, 1.807) is 38.8 Å². The Morgan fingerprint density at radius 1 is 0.940 bits per heavy atom. The fourth-order valence-corrected chi connectivity index (χ4v) is 6.07. The zero-order valence-electron chi connectivity index (χ0n) is 29.8. The Labute approximate surface area is 294 Å². The standard InChI is InChI=1S/C37H52N4O9/c1-37(2,3)50-32(42)14-13-31(34(38)43)41-25-30-29(35(41)44)12-11-28(33(30)48-24-23-47-22-21-46-4)15-18-39-16-8-17-40(20-19-39)36(45)49-26-27-9-6-5-7-10-27/h5-7,9-12,31H,8,13-26H2,1-4H3,(H2,38,43)/t31-/m1/s1. The van der Waals surface area contributed by atoms with Crippen LogP contribution in [-0.2, 0) is 48.1 Å². The first-order chi connectivity index (χ1) is 24.0. The minimum absolute atomic E-state index is 0.0478. The molecule has 0 radical (unpaired) electrons. The molecule has 2 aliphatic heterocycles. The highest BCUT2D eigenvalue weighted by atomic mass is 16.6. The van der Waals surface area contributed by atoms with Crippen molar-refractivity contribution in [2.45, 2.75) is 71.2 Å². The summed E-state index contributed by atoms with van der Waals surface area (Å²) in [6.07, 6.45) is 1.13. The van der Waals surface area contributed by atoms with E-state index in [1.807, 2.05) is 36.4 Å². The van der Waals surface area contributed by atoms with Crippen LogP contribution in [0.25, 0.3) is 0 Å². The van der Waals surface area contributed by atoms with Crippen molar-refractivity contribution in [3.8, 4) is 5.75 Å². The number of benzene rings is 2. The molecule has 2 aliphatic rings. The summed E-state index contributed by atoms with van der Waals surface area (Å²) in [5.74, 6) is -0.908. The van der Waals surface area contributed by atoms with Gasteiger partial charge in [-0.2, -0.15) is 0 Å². The molecular formula is C37H52N4O9. The lowest BCUT2D eigenvalue weighted by molar-refractivity contribution is -0.155. The van der Waals surface area contributed by atoms with Crippen LogP contribution in [0.1, 0.15) is 67.1 Å². The zero-order valence-corrected chi connectivity index (χ0v) is 29.8. The first-order valence-corrected chi connectivity index (χ1v) is 17.3. The number of hydrogen-bond acceptors (Lipinski definition) is 10. The van der Waals surface area contributed by atoms with Crippen molar-refractivity contribution < 1.29 is 42.9 Å². The van der Waals surface area contributed by atoms with E-state index in [0.29, 0.717) is 69.3 Å². The van der Waals surface area contributed by atoms with Crippen LogP contribution in [0, 0.1) is 0 Å². The molecule has 1 fully saturated rings. The van der Waals surface area contributed by atoms with Crippen molar-refractivity contribution in [3.05, 3.63) is 64.7 Å². The molecule has 0 aliphatic carbocycles. The van der Waals surface area contributed by atoms with E-state index in [1.165, 1.54) is 4.90 Å². The monoisotopic (exact) mass is 696 g/mol. The molecule has 4 rings (SSSR count). The van der Waals surface area contributed by atoms with Gasteiger partial charge < -0.3 is 44.1 Å². The summed E-state index contributed by atoms with van der Waals surface area (Å²) in [7, 11) is 1.61. The van der Waals surface area contributed by atoms with E-state index < -0.39 is 23.5 Å². The number of methoxy groups -OCH3 is 1. The van der Waals surface area contributed by atoms with Crippen molar-refractivity contribution in [2.24, 2.45) is 5.73 Å². The minimum Gasteiger partial charge on any atom is -0.491 e. The normalized spacial score (nSPS) is 15.7. The molecule has 1 atom stereocenters. The molecule has 0 bridgehead atoms. The van der Waals surface area contributed by atoms with Crippen LogP contribution in [-0.4, -0.2) is 116 Å². The molecule has 0 saturated carbocycles. The molecule has 2 aromatic rings. The first-order valence-electron chi connectivity index (χ1n) is 17.3. The molecule has 13 nitrogen and oxygen atoms in total. The zero-order chi connectivity index (χ0) is 36.1. The molecule has 0 unspecified atom stereocenters. The molecule has 50 heavy (non-hydrogen) atoms. The second-order valence-electron chi connectivity index (χ2n) is 13.5. The van der Waals surface area contributed by atoms with Gasteiger partial charge in [0.2, 0.25) is 5.91 Å². The minimum atomic E-state index is -0.990. The van der Waals surface area contributed by atoms with Gasteiger partial charge in [-0.3, -0.25) is 14.4 Å². The molecule has 274 valence electrons. The molecule has 2 N–H and O–H groups in total. The van der Waals surface area contributed by atoms with E-state index in [2.05, 4.69) is 4.90 Å². The highest BCUT2D eigenvalue weighted by Gasteiger charge is 2.38. The van der Waals surface area contributed by atoms with Gasteiger partial charge in [-0.05, 0) is 63.8 Å². The van der Waals surface area contributed by atoms with Crippen molar-refractivity contribution in [1.29, 1.82) is 0 Å². The number of rotatable bonds is 17. The number of carbonyl (C=O) groups is 4. The summed E-state index contributed by atoms with van der Waals surface area (Å²) in [5.41, 5.74) is 8.08. The number of ether oxygens (including phenoxy) is 5. The van der Waals surface area contributed by atoms with Gasteiger partial charge in [-0.15, -0.1) is 0 Å². The fourth-order valence-electron chi connectivity index (χ4n) is 6.07. The van der Waals surface area contributed by atoms with Gasteiger partial charge in [0.15, 0.2) is 0 Å². The van der Waals surface area contributed by atoms with Gasteiger partial charge >= 0.3 is 12.1 Å². The van der Waals surface area contributed by atoms with E-state index in [9.17, 15) is 19.2 Å². The first kappa shape index (κ1) is 38.6. The third-order valence-corrected chi connectivity index (χ3v) is 8.56. The second-order valence-corrected chi connectivity index (χ2v) is 13.5. The van der Waals surface area contributed by atoms with Gasteiger partial charge in [-0.1, -0.05) is 36.4 Å². The van der Waals surface area contributed by atoms with E-state index in [0.717, 1.165) is 24.1 Å².